The molecule has 1 unspecified atom stereocenters. The molecule has 204 valence electrons. The molecular formula is C25H32ClN7O4S. The maximum absolute atomic E-state index is 12.8. The third kappa shape index (κ3) is 7.59. The number of hydrogen-bond donors (Lipinski definition) is 3. The second kappa shape index (κ2) is 13.3. The number of benzene rings is 1. The summed E-state index contributed by atoms with van der Waals surface area (Å²) >= 11 is 7.47. The largest absolute Gasteiger partial charge is 0.366 e. The first-order valence-electron chi connectivity index (χ1n) is 12.4. The van der Waals surface area contributed by atoms with E-state index in [4.69, 9.17) is 21.4 Å². The van der Waals surface area contributed by atoms with Crippen molar-refractivity contribution in [3.63, 3.8) is 0 Å². The number of aryl methyl sites for hydroxylation is 2. The molecule has 3 aromatic rings. The predicted octanol–water partition coefficient (Wildman–Crippen LogP) is 4.00. The van der Waals surface area contributed by atoms with Gasteiger partial charge in [-0.1, -0.05) is 42.0 Å². The van der Waals surface area contributed by atoms with Gasteiger partial charge in [0.2, 0.25) is 0 Å². The van der Waals surface area contributed by atoms with Crippen molar-refractivity contribution in [3.05, 3.63) is 51.7 Å². The van der Waals surface area contributed by atoms with Crippen LogP contribution in [0.25, 0.3) is 0 Å². The smallest absolute Gasteiger partial charge is 0.267 e. The molecule has 1 atom stereocenters. The van der Waals surface area contributed by atoms with E-state index in [0.29, 0.717) is 45.4 Å². The molecule has 0 radical (unpaired) electrons. The van der Waals surface area contributed by atoms with Crippen LogP contribution in [0.2, 0.25) is 5.02 Å². The SMILES string of the molecule is CCC(O)OOCCN1CCN(c2cc(Nc3ncc(C(=O)Nc4c(C)cccc4Cl)s3)nc(C)n2)CC1. The minimum absolute atomic E-state index is 0.275. The van der Waals surface area contributed by atoms with Crippen molar-refractivity contribution in [2.24, 2.45) is 0 Å². The lowest BCUT2D eigenvalue weighted by molar-refractivity contribution is -0.370. The maximum atomic E-state index is 12.8. The van der Waals surface area contributed by atoms with Gasteiger partial charge in [0.15, 0.2) is 11.4 Å². The van der Waals surface area contributed by atoms with Gasteiger partial charge in [0, 0.05) is 38.8 Å². The van der Waals surface area contributed by atoms with Crippen molar-refractivity contribution in [1.29, 1.82) is 0 Å². The van der Waals surface area contributed by atoms with Crippen LogP contribution in [0.1, 0.15) is 34.4 Å². The lowest BCUT2D eigenvalue weighted by Crippen LogP contribution is -2.47. The second-order valence-corrected chi connectivity index (χ2v) is 10.2. The standard InChI is InChI=1S/C25H32ClN7O4S/c1-4-22(34)37-36-13-12-32-8-10-33(11-9-32)21-14-20(28-17(3)29-21)30-25-27-15-19(38-25)24(35)31-23-16(2)6-5-7-18(23)26/h5-7,14-15,22,34H,4,8-13H2,1-3H3,(H,31,35)(H,27,28,29,30). The van der Waals surface area contributed by atoms with Gasteiger partial charge in [-0.3, -0.25) is 9.69 Å². The van der Waals surface area contributed by atoms with Crippen LogP contribution in [0.15, 0.2) is 30.5 Å². The lowest BCUT2D eigenvalue weighted by atomic mass is 10.2. The molecule has 38 heavy (non-hydrogen) atoms. The van der Waals surface area contributed by atoms with Crippen LogP contribution in [-0.4, -0.2) is 76.5 Å². The molecule has 1 aromatic carbocycles. The van der Waals surface area contributed by atoms with Gasteiger partial charge in [0.05, 0.1) is 23.5 Å². The molecule has 3 heterocycles. The number of hydrogen-bond acceptors (Lipinski definition) is 11. The van der Waals surface area contributed by atoms with Crippen molar-refractivity contribution < 1.29 is 19.7 Å². The molecule has 1 saturated heterocycles. The summed E-state index contributed by atoms with van der Waals surface area (Å²) in [6, 6.07) is 7.36. The van der Waals surface area contributed by atoms with Gasteiger partial charge in [-0.25, -0.2) is 24.7 Å². The first-order valence-corrected chi connectivity index (χ1v) is 13.6. The maximum Gasteiger partial charge on any atom is 0.267 e. The summed E-state index contributed by atoms with van der Waals surface area (Å²) in [5.41, 5.74) is 1.47. The van der Waals surface area contributed by atoms with Crippen LogP contribution in [0.4, 0.5) is 22.5 Å². The van der Waals surface area contributed by atoms with Crippen molar-refractivity contribution in [2.45, 2.75) is 33.5 Å². The van der Waals surface area contributed by atoms with Gasteiger partial charge in [-0.2, -0.15) is 0 Å². The number of halogens is 1. The summed E-state index contributed by atoms with van der Waals surface area (Å²) in [5, 5.41) is 16.5. The summed E-state index contributed by atoms with van der Waals surface area (Å²) in [6.07, 6.45) is 1.12. The van der Waals surface area contributed by atoms with E-state index < -0.39 is 6.29 Å². The molecule has 4 rings (SSSR count). The van der Waals surface area contributed by atoms with Crippen molar-refractivity contribution >= 4 is 51.3 Å². The number of piperazine rings is 1. The summed E-state index contributed by atoms with van der Waals surface area (Å²) in [6.45, 7) is 9.97. The number of para-hydroxylation sites is 1. The van der Waals surface area contributed by atoms with E-state index in [1.54, 1.807) is 6.07 Å². The van der Waals surface area contributed by atoms with Crippen LogP contribution in [0.3, 0.4) is 0 Å². The van der Waals surface area contributed by atoms with E-state index in [0.717, 1.165) is 44.1 Å². The third-order valence-corrected chi connectivity index (χ3v) is 7.19. The number of nitrogens with zero attached hydrogens (tertiary/aromatic N) is 5. The van der Waals surface area contributed by atoms with Gasteiger partial charge < -0.3 is 20.6 Å². The average molecular weight is 562 g/mol. The van der Waals surface area contributed by atoms with E-state index in [1.165, 1.54) is 17.5 Å². The number of carbonyl (C=O) groups excluding carboxylic acids is 1. The number of rotatable bonds is 11. The van der Waals surface area contributed by atoms with Gasteiger partial charge in [-0.05, 0) is 31.9 Å². The summed E-state index contributed by atoms with van der Waals surface area (Å²) in [4.78, 5) is 41.1. The Bertz CT molecular complexity index is 1220. The molecule has 13 heteroatoms. The molecule has 0 spiro atoms. The normalized spacial score (nSPS) is 14.9. The third-order valence-electron chi connectivity index (χ3n) is 5.96. The molecule has 1 aliphatic rings. The number of aliphatic hydroxyl groups is 1. The molecule has 0 aliphatic carbocycles. The zero-order chi connectivity index (χ0) is 27.1. The highest BCUT2D eigenvalue weighted by molar-refractivity contribution is 7.17. The minimum atomic E-state index is -0.888. The number of nitrogens with one attached hydrogen (secondary N) is 2. The molecule has 1 fully saturated rings. The lowest BCUT2D eigenvalue weighted by Gasteiger charge is -2.35. The van der Waals surface area contributed by atoms with Gasteiger partial charge in [0.1, 0.15) is 22.3 Å². The Morgan fingerprint density at radius 2 is 2.03 bits per heavy atom. The molecule has 2 aromatic heterocycles. The summed E-state index contributed by atoms with van der Waals surface area (Å²) in [5.74, 6) is 1.80. The van der Waals surface area contributed by atoms with Crippen LogP contribution in [0.5, 0.6) is 0 Å². The molecule has 0 saturated carbocycles. The number of aliphatic hydroxyl groups excluding tert-OH is 1. The molecule has 0 bridgehead atoms. The van der Waals surface area contributed by atoms with Crippen LogP contribution in [-0.2, 0) is 9.78 Å². The highest BCUT2D eigenvalue weighted by atomic mass is 35.5. The topological polar surface area (TPSA) is 125 Å². The summed E-state index contributed by atoms with van der Waals surface area (Å²) in [7, 11) is 0. The van der Waals surface area contributed by atoms with Gasteiger partial charge in [0.25, 0.3) is 5.91 Å². The zero-order valence-corrected chi connectivity index (χ0v) is 23.2. The number of carbonyl (C=O) groups is 1. The second-order valence-electron chi connectivity index (χ2n) is 8.81. The molecule has 1 aliphatic heterocycles. The van der Waals surface area contributed by atoms with Gasteiger partial charge in [-0.15, -0.1) is 0 Å². The Morgan fingerprint density at radius 3 is 2.76 bits per heavy atom. The highest BCUT2D eigenvalue weighted by Gasteiger charge is 2.20. The first-order chi connectivity index (χ1) is 18.3. The van der Waals surface area contributed by atoms with Gasteiger partial charge >= 0.3 is 0 Å². The molecular weight excluding hydrogens is 530 g/mol. The average Bonchev–Trinajstić information content (AvgIpc) is 3.37. The molecule has 11 nitrogen and oxygen atoms in total. The van der Waals surface area contributed by atoms with Crippen molar-refractivity contribution in [2.75, 3.05) is 54.9 Å². The Morgan fingerprint density at radius 1 is 1.24 bits per heavy atom. The number of aromatic nitrogens is 3. The van der Waals surface area contributed by atoms with E-state index >= 15 is 0 Å². The van der Waals surface area contributed by atoms with Crippen LogP contribution >= 0.6 is 22.9 Å². The van der Waals surface area contributed by atoms with E-state index in [9.17, 15) is 9.90 Å². The first kappa shape index (κ1) is 28.1. The van der Waals surface area contributed by atoms with E-state index in [2.05, 4.69) is 35.4 Å². The van der Waals surface area contributed by atoms with E-state index in [1.807, 2.05) is 39.0 Å². The monoisotopic (exact) mass is 561 g/mol. The summed E-state index contributed by atoms with van der Waals surface area (Å²) < 4.78 is 0. The fourth-order valence-corrected chi connectivity index (χ4v) is 4.84. The predicted molar refractivity (Wildman–Crippen MR) is 148 cm³/mol. The fraction of sp³-hybridized carbons (Fsp3) is 0.440. The molecule has 3 N–H and O–H groups in total. The minimum Gasteiger partial charge on any atom is -0.366 e. The van der Waals surface area contributed by atoms with Crippen molar-refractivity contribution in [1.82, 2.24) is 19.9 Å². The number of anilines is 4. The molecule has 1 amide bonds. The highest BCUT2D eigenvalue weighted by Crippen LogP contribution is 2.28. The Labute approximate surface area is 230 Å². The quantitative estimate of drug-likeness (QED) is 0.137. The Hall–Kier alpha value is -2.87. The Kier molecular flexibility index (Phi) is 9.83. The fourth-order valence-electron chi connectivity index (χ4n) is 3.85. The van der Waals surface area contributed by atoms with E-state index in [-0.39, 0.29) is 5.91 Å². The van der Waals surface area contributed by atoms with Crippen LogP contribution in [0, 0.1) is 13.8 Å². The number of amides is 1. The zero-order valence-electron chi connectivity index (χ0n) is 21.6. The van der Waals surface area contributed by atoms with Crippen LogP contribution < -0.4 is 15.5 Å². The Balaban J connectivity index is 1.32. The number of thiazole rings is 1. The van der Waals surface area contributed by atoms with Crippen molar-refractivity contribution in [3.8, 4) is 0 Å².